The predicted molar refractivity (Wildman–Crippen MR) is 85.3 cm³/mol. The highest BCUT2D eigenvalue weighted by Gasteiger charge is 2.25. The van der Waals surface area contributed by atoms with Crippen LogP contribution in [-0.2, 0) is 10.0 Å². The van der Waals surface area contributed by atoms with Crippen molar-refractivity contribution in [1.82, 2.24) is 10.0 Å². The normalized spacial score (nSPS) is 17.6. The fraction of sp³-hybridized carbons (Fsp3) is 1.00. The van der Waals surface area contributed by atoms with E-state index >= 15 is 0 Å². The minimum absolute atomic E-state index is 0.343. The van der Waals surface area contributed by atoms with Crippen LogP contribution in [0.25, 0.3) is 0 Å². The summed E-state index contributed by atoms with van der Waals surface area (Å²) >= 11 is 0. The van der Waals surface area contributed by atoms with Gasteiger partial charge < -0.3 is 5.32 Å². The standard InChI is InChI=1S/C15H32N2O2S/c1-13(2)8-6-4-5-7-11-17-20(18,19)14(3)12-16-15-9-10-15/h13-17H,4-12H2,1-3H3. The van der Waals surface area contributed by atoms with Gasteiger partial charge in [-0.15, -0.1) is 0 Å². The summed E-state index contributed by atoms with van der Waals surface area (Å²) < 4.78 is 26.7. The second kappa shape index (κ2) is 9.00. The topological polar surface area (TPSA) is 58.2 Å². The summed E-state index contributed by atoms with van der Waals surface area (Å²) in [6.07, 6.45) is 8.18. The van der Waals surface area contributed by atoms with Crippen molar-refractivity contribution in [3.63, 3.8) is 0 Å². The lowest BCUT2D eigenvalue weighted by Crippen LogP contribution is -2.39. The first-order valence-corrected chi connectivity index (χ1v) is 9.68. The zero-order valence-electron chi connectivity index (χ0n) is 13.3. The summed E-state index contributed by atoms with van der Waals surface area (Å²) in [6, 6.07) is 0.564. The van der Waals surface area contributed by atoms with E-state index in [1.807, 2.05) is 0 Å². The number of hydrogen-bond donors (Lipinski definition) is 2. The van der Waals surface area contributed by atoms with Gasteiger partial charge in [-0.2, -0.15) is 0 Å². The summed E-state index contributed by atoms with van der Waals surface area (Å²) in [4.78, 5) is 0. The molecule has 0 aromatic carbocycles. The minimum Gasteiger partial charge on any atom is -0.313 e. The smallest absolute Gasteiger partial charge is 0.215 e. The Morgan fingerprint density at radius 2 is 1.70 bits per heavy atom. The summed E-state index contributed by atoms with van der Waals surface area (Å²) in [6.45, 7) is 7.41. The molecule has 5 heteroatoms. The minimum atomic E-state index is -3.15. The lowest BCUT2D eigenvalue weighted by molar-refractivity contribution is 0.516. The Labute approximate surface area is 125 Å². The van der Waals surface area contributed by atoms with Crippen molar-refractivity contribution in [3.05, 3.63) is 0 Å². The van der Waals surface area contributed by atoms with Gasteiger partial charge in [-0.05, 0) is 32.1 Å². The van der Waals surface area contributed by atoms with Gasteiger partial charge in [0.25, 0.3) is 0 Å². The zero-order chi connectivity index (χ0) is 15.0. The molecule has 0 aromatic heterocycles. The molecule has 1 aliphatic rings. The largest absolute Gasteiger partial charge is 0.313 e. The molecule has 1 atom stereocenters. The van der Waals surface area contributed by atoms with Crippen LogP contribution in [-0.4, -0.2) is 32.8 Å². The van der Waals surface area contributed by atoms with E-state index in [4.69, 9.17) is 0 Å². The van der Waals surface area contributed by atoms with Crippen LogP contribution in [0.5, 0.6) is 0 Å². The lowest BCUT2D eigenvalue weighted by atomic mass is 10.0. The zero-order valence-corrected chi connectivity index (χ0v) is 14.1. The van der Waals surface area contributed by atoms with E-state index in [2.05, 4.69) is 23.9 Å². The molecule has 0 amide bonds. The monoisotopic (exact) mass is 304 g/mol. The number of hydrogen-bond acceptors (Lipinski definition) is 3. The Morgan fingerprint density at radius 1 is 1.05 bits per heavy atom. The maximum absolute atomic E-state index is 12.0. The van der Waals surface area contributed by atoms with Gasteiger partial charge in [-0.3, -0.25) is 0 Å². The maximum Gasteiger partial charge on any atom is 0.215 e. The van der Waals surface area contributed by atoms with Crippen molar-refractivity contribution in [1.29, 1.82) is 0 Å². The van der Waals surface area contributed by atoms with Crippen LogP contribution in [0.2, 0.25) is 0 Å². The van der Waals surface area contributed by atoms with Crippen LogP contribution in [0.15, 0.2) is 0 Å². The molecule has 0 bridgehead atoms. The SMILES string of the molecule is CC(C)CCCCCCNS(=O)(=O)C(C)CNC1CC1. The Bertz CT molecular complexity index is 351. The first-order valence-electron chi connectivity index (χ1n) is 8.13. The number of nitrogens with one attached hydrogen (secondary N) is 2. The van der Waals surface area contributed by atoms with Crippen LogP contribution in [0.3, 0.4) is 0 Å². The molecule has 1 fully saturated rings. The second-order valence-electron chi connectivity index (χ2n) is 6.53. The highest BCUT2D eigenvalue weighted by atomic mass is 32.2. The average molecular weight is 305 g/mol. The molecule has 20 heavy (non-hydrogen) atoms. The van der Waals surface area contributed by atoms with E-state index < -0.39 is 10.0 Å². The van der Waals surface area contributed by atoms with E-state index in [9.17, 15) is 8.42 Å². The molecule has 1 rings (SSSR count). The van der Waals surface area contributed by atoms with Gasteiger partial charge in [0, 0.05) is 19.1 Å². The number of unbranched alkanes of at least 4 members (excludes halogenated alkanes) is 3. The molecule has 4 nitrogen and oxygen atoms in total. The molecule has 0 saturated heterocycles. The van der Waals surface area contributed by atoms with Crippen molar-refractivity contribution in [2.45, 2.75) is 77.0 Å². The van der Waals surface area contributed by atoms with Gasteiger partial charge in [0.1, 0.15) is 0 Å². The molecule has 1 aliphatic carbocycles. The first kappa shape index (κ1) is 17.9. The Kier molecular flexibility index (Phi) is 8.07. The molecule has 0 aliphatic heterocycles. The predicted octanol–water partition coefficient (Wildman–Crippen LogP) is 2.65. The number of rotatable bonds is 12. The summed E-state index contributed by atoms with van der Waals surface area (Å²) in [5.41, 5.74) is 0. The van der Waals surface area contributed by atoms with Crippen molar-refractivity contribution >= 4 is 10.0 Å². The van der Waals surface area contributed by atoms with Crippen molar-refractivity contribution in [3.8, 4) is 0 Å². The van der Waals surface area contributed by atoms with E-state index in [-0.39, 0.29) is 5.25 Å². The quantitative estimate of drug-likeness (QED) is 0.545. The summed E-state index contributed by atoms with van der Waals surface area (Å²) in [5, 5.41) is 2.93. The Morgan fingerprint density at radius 3 is 2.30 bits per heavy atom. The molecular formula is C15H32N2O2S. The van der Waals surface area contributed by atoms with Crippen LogP contribution in [0, 0.1) is 5.92 Å². The van der Waals surface area contributed by atoms with Crippen LogP contribution in [0.4, 0.5) is 0 Å². The fourth-order valence-electron chi connectivity index (χ4n) is 2.12. The molecule has 0 aromatic rings. The van der Waals surface area contributed by atoms with E-state index in [0.717, 1.165) is 18.8 Å². The van der Waals surface area contributed by atoms with Gasteiger partial charge >= 0.3 is 0 Å². The van der Waals surface area contributed by atoms with Crippen molar-refractivity contribution in [2.75, 3.05) is 13.1 Å². The highest BCUT2D eigenvalue weighted by Crippen LogP contribution is 2.18. The van der Waals surface area contributed by atoms with Gasteiger partial charge in [-0.1, -0.05) is 39.5 Å². The molecular weight excluding hydrogens is 272 g/mol. The lowest BCUT2D eigenvalue weighted by Gasteiger charge is -2.14. The molecule has 1 unspecified atom stereocenters. The second-order valence-corrected chi connectivity index (χ2v) is 8.71. The fourth-order valence-corrected chi connectivity index (χ4v) is 3.15. The highest BCUT2D eigenvalue weighted by molar-refractivity contribution is 7.90. The molecule has 0 radical (unpaired) electrons. The van der Waals surface area contributed by atoms with E-state index in [0.29, 0.717) is 19.1 Å². The molecule has 1 saturated carbocycles. The van der Waals surface area contributed by atoms with Gasteiger partial charge in [0.2, 0.25) is 10.0 Å². The molecule has 2 N–H and O–H groups in total. The van der Waals surface area contributed by atoms with Gasteiger partial charge in [0.05, 0.1) is 5.25 Å². The third kappa shape index (κ3) is 8.22. The van der Waals surface area contributed by atoms with Crippen molar-refractivity contribution < 1.29 is 8.42 Å². The van der Waals surface area contributed by atoms with Crippen molar-refractivity contribution in [2.24, 2.45) is 5.92 Å². The van der Waals surface area contributed by atoms with Crippen LogP contribution < -0.4 is 10.0 Å². The molecule has 120 valence electrons. The van der Waals surface area contributed by atoms with Crippen LogP contribution in [0.1, 0.15) is 65.7 Å². The van der Waals surface area contributed by atoms with Gasteiger partial charge in [0.15, 0.2) is 0 Å². The van der Waals surface area contributed by atoms with Crippen LogP contribution >= 0.6 is 0 Å². The Hall–Kier alpha value is -0.130. The molecule has 0 spiro atoms. The molecule has 0 heterocycles. The first-order chi connectivity index (χ1) is 9.42. The Balaban J connectivity index is 2.03. The van der Waals surface area contributed by atoms with E-state index in [1.54, 1.807) is 6.92 Å². The van der Waals surface area contributed by atoms with E-state index in [1.165, 1.54) is 32.1 Å². The van der Waals surface area contributed by atoms with Gasteiger partial charge in [-0.25, -0.2) is 13.1 Å². The maximum atomic E-state index is 12.0. The average Bonchev–Trinajstić information content (AvgIpc) is 3.18. The third-order valence-electron chi connectivity index (χ3n) is 3.81. The third-order valence-corrected chi connectivity index (χ3v) is 5.65. The number of sulfonamides is 1. The summed E-state index contributed by atoms with van der Waals surface area (Å²) in [5.74, 6) is 0.772. The summed E-state index contributed by atoms with van der Waals surface area (Å²) in [7, 11) is -3.15.